The Morgan fingerprint density at radius 2 is 2.07 bits per heavy atom. The van der Waals surface area contributed by atoms with Crippen molar-refractivity contribution in [2.75, 3.05) is 0 Å². The normalized spacial score (nSPS) is 19.3. The van der Waals surface area contributed by atoms with Crippen LogP contribution in [0.2, 0.25) is 0 Å². The van der Waals surface area contributed by atoms with Crippen LogP contribution < -0.4 is 0 Å². The second-order valence-electron chi connectivity index (χ2n) is 4.42. The Labute approximate surface area is 91.5 Å². The van der Waals surface area contributed by atoms with Crippen LogP contribution >= 0.6 is 0 Å². The molecule has 1 nitrogen and oxygen atoms in total. The number of fused-ring (bicyclic) bond motifs is 1. The van der Waals surface area contributed by atoms with E-state index in [1.807, 2.05) is 18.2 Å². The van der Waals surface area contributed by atoms with E-state index in [-0.39, 0.29) is 5.92 Å². The van der Waals surface area contributed by atoms with Crippen LogP contribution in [0.15, 0.2) is 24.3 Å². The van der Waals surface area contributed by atoms with Crippen LogP contribution in [0, 0.1) is 5.92 Å². The van der Waals surface area contributed by atoms with Crippen LogP contribution in [0.5, 0.6) is 0 Å². The van der Waals surface area contributed by atoms with Crippen LogP contribution in [0.1, 0.15) is 48.5 Å². The summed E-state index contributed by atoms with van der Waals surface area (Å²) in [6.07, 6.45) is 5.72. The molecule has 1 aliphatic carbocycles. The third-order valence-corrected chi connectivity index (χ3v) is 3.28. The second kappa shape index (κ2) is 4.61. The van der Waals surface area contributed by atoms with Gasteiger partial charge in [-0.1, -0.05) is 50.5 Å². The number of unbranched alkanes of at least 4 members (excludes halogenated alkanes) is 2. The maximum absolute atomic E-state index is 12.0. The zero-order chi connectivity index (χ0) is 10.7. The molecule has 15 heavy (non-hydrogen) atoms. The third kappa shape index (κ3) is 2.11. The summed E-state index contributed by atoms with van der Waals surface area (Å²) in [6.45, 7) is 2.20. The minimum atomic E-state index is 0.272. The number of benzene rings is 1. The molecule has 0 amide bonds. The van der Waals surface area contributed by atoms with Gasteiger partial charge in [0.2, 0.25) is 0 Å². The lowest BCUT2D eigenvalue weighted by Gasteiger charge is -2.06. The summed E-state index contributed by atoms with van der Waals surface area (Å²) in [7, 11) is 0. The number of hydrogen-bond donors (Lipinski definition) is 0. The first kappa shape index (κ1) is 10.4. The summed E-state index contributed by atoms with van der Waals surface area (Å²) >= 11 is 0. The Kier molecular flexibility index (Phi) is 3.20. The molecule has 0 aliphatic heterocycles. The molecule has 0 fully saturated rings. The Hall–Kier alpha value is -1.11. The highest BCUT2D eigenvalue weighted by Gasteiger charge is 2.28. The minimum Gasteiger partial charge on any atom is -0.294 e. The van der Waals surface area contributed by atoms with Gasteiger partial charge in [0.1, 0.15) is 0 Å². The number of Topliss-reactive ketones (excluding diaryl/α,β-unsaturated/α-hetero) is 1. The summed E-state index contributed by atoms with van der Waals surface area (Å²) in [5, 5.41) is 0. The van der Waals surface area contributed by atoms with Crippen molar-refractivity contribution in [3.63, 3.8) is 0 Å². The van der Waals surface area contributed by atoms with E-state index >= 15 is 0 Å². The Morgan fingerprint density at radius 3 is 2.80 bits per heavy atom. The molecule has 0 heterocycles. The lowest BCUT2D eigenvalue weighted by molar-refractivity contribution is 0.0929. The van der Waals surface area contributed by atoms with Gasteiger partial charge < -0.3 is 0 Å². The topological polar surface area (TPSA) is 17.1 Å². The fraction of sp³-hybridized carbons (Fsp3) is 0.500. The molecule has 1 aromatic rings. The average molecular weight is 202 g/mol. The van der Waals surface area contributed by atoms with Gasteiger partial charge in [0, 0.05) is 11.5 Å². The third-order valence-electron chi connectivity index (χ3n) is 3.28. The maximum Gasteiger partial charge on any atom is 0.166 e. The van der Waals surface area contributed by atoms with Crippen molar-refractivity contribution in [3.8, 4) is 0 Å². The SMILES string of the molecule is CCCCC[C@H]1Cc2ccccc2C1=O. The maximum atomic E-state index is 12.0. The molecule has 0 radical (unpaired) electrons. The fourth-order valence-corrected chi connectivity index (χ4v) is 2.39. The smallest absolute Gasteiger partial charge is 0.166 e. The summed E-state index contributed by atoms with van der Waals surface area (Å²) in [5.74, 6) is 0.649. The molecule has 1 aromatic carbocycles. The van der Waals surface area contributed by atoms with E-state index in [1.54, 1.807) is 0 Å². The van der Waals surface area contributed by atoms with Crippen LogP contribution in [0.25, 0.3) is 0 Å². The molecule has 80 valence electrons. The summed E-state index contributed by atoms with van der Waals surface area (Å²) in [6, 6.07) is 8.05. The number of carbonyl (C=O) groups is 1. The Morgan fingerprint density at radius 1 is 1.27 bits per heavy atom. The zero-order valence-electron chi connectivity index (χ0n) is 9.33. The first-order chi connectivity index (χ1) is 7.33. The van der Waals surface area contributed by atoms with Crippen molar-refractivity contribution in [1.82, 2.24) is 0 Å². The average Bonchev–Trinajstić information content (AvgIpc) is 2.57. The molecule has 0 spiro atoms. The van der Waals surface area contributed by atoms with E-state index in [9.17, 15) is 4.79 Å². The van der Waals surface area contributed by atoms with Gasteiger partial charge in [0.15, 0.2) is 5.78 Å². The molecule has 0 saturated heterocycles. The lowest BCUT2D eigenvalue weighted by Crippen LogP contribution is -2.08. The number of ketones is 1. The zero-order valence-corrected chi connectivity index (χ0v) is 9.33. The summed E-state index contributed by atoms with van der Waals surface area (Å²) < 4.78 is 0. The van der Waals surface area contributed by atoms with E-state index < -0.39 is 0 Å². The van der Waals surface area contributed by atoms with E-state index in [2.05, 4.69) is 13.0 Å². The molecule has 2 rings (SSSR count). The molecule has 0 N–H and O–H groups in total. The number of hydrogen-bond acceptors (Lipinski definition) is 1. The molecule has 0 aromatic heterocycles. The molecule has 0 saturated carbocycles. The first-order valence-electron chi connectivity index (χ1n) is 5.95. The predicted octanol–water partition coefficient (Wildman–Crippen LogP) is 3.62. The van der Waals surface area contributed by atoms with E-state index in [0.717, 1.165) is 18.4 Å². The van der Waals surface area contributed by atoms with Crippen LogP contribution in [-0.4, -0.2) is 5.78 Å². The van der Waals surface area contributed by atoms with E-state index in [4.69, 9.17) is 0 Å². The van der Waals surface area contributed by atoms with Gasteiger partial charge in [-0.3, -0.25) is 4.79 Å². The van der Waals surface area contributed by atoms with Crippen LogP contribution in [0.4, 0.5) is 0 Å². The summed E-state index contributed by atoms with van der Waals surface area (Å²) in [5.41, 5.74) is 2.22. The van der Waals surface area contributed by atoms with Crippen molar-refractivity contribution in [2.24, 2.45) is 5.92 Å². The predicted molar refractivity (Wildman–Crippen MR) is 62.1 cm³/mol. The molecular weight excluding hydrogens is 184 g/mol. The van der Waals surface area contributed by atoms with Gasteiger partial charge >= 0.3 is 0 Å². The van der Waals surface area contributed by atoms with Gasteiger partial charge in [0.25, 0.3) is 0 Å². The van der Waals surface area contributed by atoms with Crippen molar-refractivity contribution < 1.29 is 4.79 Å². The molecular formula is C14H18O. The van der Waals surface area contributed by atoms with Gasteiger partial charge in [-0.2, -0.15) is 0 Å². The van der Waals surface area contributed by atoms with Gasteiger partial charge in [-0.15, -0.1) is 0 Å². The second-order valence-corrected chi connectivity index (χ2v) is 4.42. The van der Waals surface area contributed by atoms with Crippen molar-refractivity contribution in [3.05, 3.63) is 35.4 Å². The van der Waals surface area contributed by atoms with Crippen molar-refractivity contribution in [1.29, 1.82) is 0 Å². The van der Waals surface area contributed by atoms with Gasteiger partial charge in [-0.05, 0) is 18.4 Å². The van der Waals surface area contributed by atoms with Gasteiger partial charge in [0.05, 0.1) is 0 Å². The Balaban J connectivity index is 2.01. The van der Waals surface area contributed by atoms with Crippen molar-refractivity contribution in [2.45, 2.75) is 39.0 Å². The molecule has 0 unspecified atom stereocenters. The van der Waals surface area contributed by atoms with E-state index in [1.165, 1.54) is 24.8 Å². The summed E-state index contributed by atoms with van der Waals surface area (Å²) in [4.78, 5) is 12.0. The molecule has 1 aliphatic rings. The highest BCUT2D eigenvalue weighted by Crippen LogP contribution is 2.29. The first-order valence-corrected chi connectivity index (χ1v) is 5.95. The number of rotatable bonds is 4. The van der Waals surface area contributed by atoms with E-state index in [0.29, 0.717) is 5.78 Å². The van der Waals surface area contributed by atoms with Crippen LogP contribution in [0.3, 0.4) is 0 Å². The monoisotopic (exact) mass is 202 g/mol. The van der Waals surface area contributed by atoms with Gasteiger partial charge in [-0.25, -0.2) is 0 Å². The largest absolute Gasteiger partial charge is 0.294 e. The standard InChI is InChI=1S/C14H18O/c1-2-3-4-8-12-10-11-7-5-6-9-13(11)14(12)15/h5-7,9,12H,2-4,8,10H2,1H3/t12-/m0/s1. The van der Waals surface area contributed by atoms with Crippen LogP contribution in [-0.2, 0) is 6.42 Å². The minimum absolute atomic E-state index is 0.272. The fourth-order valence-electron chi connectivity index (χ4n) is 2.39. The molecule has 1 atom stereocenters. The van der Waals surface area contributed by atoms with Crippen molar-refractivity contribution >= 4 is 5.78 Å². The lowest BCUT2D eigenvalue weighted by atomic mass is 9.97. The quantitative estimate of drug-likeness (QED) is 0.681. The number of carbonyl (C=O) groups excluding carboxylic acids is 1. The highest BCUT2D eigenvalue weighted by atomic mass is 16.1. The molecule has 1 heteroatoms. The Bertz CT molecular complexity index is 354. The highest BCUT2D eigenvalue weighted by molar-refractivity contribution is 6.02. The molecule has 0 bridgehead atoms.